The van der Waals surface area contributed by atoms with E-state index in [1.54, 1.807) is 7.11 Å². The topological polar surface area (TPSA) is 54.9 Å². The van der Waals surface area contributed by atoms with E-state index in [9.17, 15) is 0 Å². The van der Waals surface area contributed by atoms with Crippen LogP contribution >= 0.6 is 0 Å². The first-order valence-corrected chi connectivity index (χ1v) is 8.90. The highest BCUT2D eigenvalue weighted by molar-refractivity contribution is 5.79. The molecule has 1 aliphatic rings. The van der Waals surface area contributed by atoms with Crippen LogP contribution in [0.3, 0.4) is 0 Å². The van der Waals surface area contributed by atoms with Crippen molar-refractivity contribution in [3.63, 3.8) is 0 Å². The molecule has 5 heteroatoms. The molecule has 0 bridgehead atoms. The van der Waals surface area contributed by atoms with Crippen LogP contribution in [-0.4, -0.2) is 45.9 Å². The van der Waals surface area contributed by atoms with Gasteiger partial charge in [-0.1, -0.05) is 17.7 Å². The number of aliphatic imine (C=N–C) groups is 1. The molecule has 1 saturated heterocycles. The van der Waals surface area contributed by atoms with Crippen LogP contribution in [0.1, 0.15) is 37.8 Å². The second-order valence-electron chi connectivity index (χ2n) is 6.32. The number of benzene rings is 1. The largest absolute Gasteiger partial charge is 0.496 e. The predicted molar refractivity (Wildman–Crippen MR) is 99.1 cm³/mol. The molecule has 0 aliphatic carbocycles. The van der Waals surface area contributed by atoms with E-state index in [-0.39, 0.29) is 5.41 Å². The number of nitrogens with one attached hydrogen (secondary N) is 2. The molecule has 0 radical (unpaired) electrons. The van der Waals surface area contributed by atoms with Crippen LogP contribution in [0.15, 0.2) is 23.2 Å². The number of hydrogen-bond acceptors (Lipinski definition) is 3. The summed E-state index contributed by atoms with van der Waals surface area (Å²) >= 11 is 0. The van der Waals surface area contributed by atoms with Crippen molar-refractivity contribution in [2.45, 2.75) is 39.0 Å². The molecule has 1 fully saturated rings. The zero-order valence-corrected chi connectivity index (χ0v) is 15.4. The van der Waals surface area contributed by atoms with Gasteiger partial charge in [0.15, 0.2) is 5.96 Å². The third kappa shape index (κ3) is 4.41. The van der Waals surface area contributed by atoms with Crippen molar-refractivity contribution in [2.24, 2.45) is 4.99 Å². The first-order valence-electron chi connectivity index (χ1n) is 8.90. The Morgan fingerprint density at radius 2 is 1.88 bits per heavy atom. The molecule has 134 valence electrons. The normalized spacial score (nSPS) is 16.3. The third-order valence-corrected chi connectivity index (χ3v) is 4.60. The Morgan fingerprint density at radius 3 is 2.46 bits per heavy atom. The summed E-state index contributed by atoms with van der Waals surface area (Å²) in [6, 6.07) is 6.42. The molecule has 24 heavy (non-hydrogen) atoms. The predicted octanol–water partition coefficient (Wildman–Crippen LogP) is 2.63. The first-order chi connectivity index (χ1) is 11.6. The molecule has 0 atom stereocenters. The van der Waals surface area contributed by atoms with E-state index in [0.717, 1.165) is 57.4 Å². The van der Waals surface area contributed by atoms with E-state index < -0.39 is 0 Å². The van der Waals surface area contributed by atoms with Gasteiger partial charge in [-0.15, -0.1) is 0 Å². The van der Waals surface area contributed by atoms with Crippen LogP contribution in [0, 0.1) is 6.92 Å². The maximum absolute atomic E-state index is 5.66. The van der Waals surface area contributed by atoms with Gasteiger partial charge >= 0.3 is 0 Å². The summed E-state index contributed by atoms with van der Waals surface area (Å²) in [5.41, 5.74) is 2.47. The van der Waals surface area contributed by atoms with Crippen LogP contribution < -0.4 is 15.4 Å². The highest BCUT2D eigenvalue weighted by Gasteiger charge is 2.37. The standard InChI is InChI=1S/C19H31N3O2/c1-5-20-18(21-6-2)22-14-19(9-11-24-12-10-19)16-13-15(3)7-8-17(16)23-4/h7-8,13H,5-6,9-12,14H2,1-4H3,(H2,20,21,22). The Labute approximate surface area is 145 Å². The van der Waals surface area contributed by atoms with E-state index in [1.165, 1.54) is 11.1 Å². The molecule has 1 aromatic rings. The molecule has 0 aromatic heterocycles. The lowest BCUT2D eigenvalue weighted by atomic mass is 9.73. The molecule has 0 saturated carbocycles. The number of nitrogens with zero attached hydrogens (tertiary/aromatic N) is 1. The van der Waals surface area contributed by atoms with E-state index >= 15 is 0 Å². The molecule has 0 amide bonds. The van der Waals surface area contributed by atoms with Gasteiger partial charge in [0.05, 0.1) is 13.7 Å². The minimum Gasteiger partial charge on any atom is -0.496 e. The summed E-state index contributed by atoms with van der Waals surface area (Å²) in [5.74, 6) is 1.82. The molecule has 2 rings (SSSR count). The van der Waals surface area contributed by atoms with Gasteiger partial charge in [-0.05, 0) is 39.7 Å². The zero-order valence-electron chi connectivity index (χ0n) is 15.4. The van der Waals surface area contributed by atoms with Gasteiger partial charge in [0.1, 0.15) is 5.75 Å². The van der Waals surface area contributed by atoms with E-state index in [4.69, 9.17) is 14.5 Å². The number of aryl methyl sites for hydroxylation is 1. The van der Waals surface area contributed by atoms with Crippen LogP contribution in [0.4, 0.5) is 0 Å². The Balaban J connectivity index is 2.36. The third-order valence-electron chi connectivity index (χ3n) is 4.60. The first kappa shape index (κ1) is 18.6. The minimum absolute atomic E-state index is 0.0360. The molecule has 0 spiro atoms. The van der Waals surface area contributed by atoms with Crippen molar-refractivity contribution >= 4 is 5.96 Å². The Morgan fingerprint density at radius 1 is 1.21 bits per heavy atom. The summed E-state index contributed by atoms with van der Waals surface area (Å²) in [6.45, 7) is 10.3. The summed E-state index contributed by atoms with van der Waals surface area (Å²) in [7, 11) is 1.74. The quantitative estimate of drug-likeness (QED) is 0.621. The molecule has 1 heterocycles. The van der Waals surface area contributed by atoms with Gasteiger partial charge in [-0.25, -0.2) is 0 Å². The highest BCUT2D eigenvalue weighted by Crippen LogP contribution is 2.40. The van der Waals surface area contributed by atoms with Crippen molar-refractivity contribution in [1.29, 1.82) is 0 Å². The average Bonchev–Trinajstić information content (AvgIpc) is 2.61. The number of rotatable bonds is 6. The number of methoxy groups -OCH3 is 1. The number of hydrogen-bond donors (Lipinski definition) is 2. The van der Waals surface area contributed by atoms with Crippen molar-refractivity contribution in [3.8, 4) is 5.75 Å². The smallest absolute Gasteiger partial charge is 0.191 e. The fraction of sp³-hybridized carbons (Fsp3) is 0.632. The summed E-state index contributed by atoms with van der Waals surface area (Å²) in [5, 5.41) is 6.62. The maximum atomic E-state index is 5.66. The highest BCUT2D eigenvalue weighted by atomic mass is 16.5. The van der Waals surface area contributed by atoms with Gasteiger partial charge in [0.2, 0.25) is 0 Å². The molecule has 2 N–H and O–H groups in total. The SMILES string of the molecule is CCNC(=NCC1(c2cc(C)ccc2OC)CCOCC1)NCC. The van der Waals surface area contributed by atoms with Gasteiger partial charge in [0.25, 0.3) is 0 Å². The van der Waals surface area contributed by atoms with Crippen LogP contribution in [-0.2, 0) is 10.2 Å². The van der Waals surface area contributed by atoms with Crippen LogP contribution in [0.25, 0.3) is 0 Å². The molecule has 1 aromatic carbocycles. The van der Waals surface area contributed by atoms with Crippen molar-refractivity contribution in [2.75, 3.05) is 40.0 Å². The molecule has 5 nitrogen and oxygen atoms in total. The van der Waals surface area contributed by atoms with Gasteiger partial charge in [-0.3, -0.25) is 4.99 Å². The minimum atomic E-state index is -0.0360. The molecule has 1 aliphatic heterocycles. The monoisotopic (exact) mass is 333 g/mol. The second-order valence-corrected chi connectivity index (χ2v) is 6.32. The van der Waals surface area contributed by atoms with Crippen molar-refractivity contribution in [3.05, 3.63) is 29.3 Å². The molecule has 0 unspecified atom stereocenters. The lowest BCUT2D eigenvalue weighted by molar-refractivity contribution is 0.0522. The van der Waals surface area contributed by atoms with E-state index in [2.05, 4.69) is 49.6 Å². The second kappa shape index (κ2) is 8.92. The van der Waals surface area contributed by atoms with Gasteiger partial charge in [0, 0.05) is 37.3 Å². The average molecular weight is 333 g/mol. The van der Waals surface area contributed by atoms with E-state index in [0.29, 0.717) is 0 Å². The van der Waals surface area contributed by atoms with Gasteiger partial charge < -0.3 is 20.1 Å². The fourth-order valence-electron chi connectivity index (χ4n) is 3.25. The number of ether oxygens (including phenoxy) is 2. The lowest BCUT2D eigenvalue weighted by Crippen LogP contribution is -2.41. The van der Waals surface area contributed by atoms with Gasteiger partial charge in [-0.2, -0.15) is 0 Å². The van der Waals surface area contributed by atoms with Crippen LogP contribution in [0.5, 0.6) is 5.75 Å². The van der Waals surface area contributed by atoms with E-state index in [1.807, 2.05) is 0 Å². The molecular formula is C19H31N3O2. The summed E-state index contributed by atoms with van der Waals surface area (Å²) in [6.07, 6.45) is 1.92. The summed E-state index contributed by atoms with van der Waals surface area (Å²) in [4.78, 5) is 4.86. The zero-order chi connectivity index (χ0) is 17.4. The maximum Gasteiger partial charge on any atom is 0.191 e. The fourth-order valence-corrected chi connectivity index (χ4v) is 3.25. The Kier molecular flexibility index (Phi) is 6.91. The lowest BCUT2D eigenvalue weighted by Gasteiger charge is -2.37. The van der Waals surface area contributed by atoms with Crippen molar-refractivity contribution in [1.82, 2.24) is 10.6 Å². The Bertz CT molecular complexity index is 544. The summed E-state index contributed by atoms with van der Waals surface area (Å²) < 4.78 is 11.3. The van der Waals surface area contributed by atoms with Crippen molar-refractivity contribution < 1.29 is 9.47 Å². The molecular weight excluding hydrogens is 302 g/mol. The van der Waals surface area contributed by atoms with Crippen LogP contribution in [0.2, 0.25) is 0 Å². The number of guanidine groups is 1. The Hall–Kier alpha value is -1.75.